The molecule has 8 nitrogen and oxygen atoms in total. The Kier molecular flexibility index (Phi) is 7.57. The van der Waals surface area contributed by atoms with Crippen molar-refractivity contribution < 1.29 is 14.3 Å². The molecule has 0 aliphatic carbocycles. The number of fused-ring (bicyclic) bond motifs is 2. The van der Waals surface area contributed by atoms with Crippen LogP contribution in [0.4, 0.5) is 0 Å². The van der Waals surface area contributed by atoms with Crippen molar-refractivity contribution in [2.75, 3.05) is 20.7 Å². The largest absolute Gasteiger partial charge is 0.379 e. The Balaban J connectivity index is 2.19. The fourth-order valence-electron chi connectivity index (χ4n) is 4.26. The zero-order valence-electron chi connectivity index (χ0n) is 18.1. The van der Waals surface area contributed by atoms with E-state index in [1.807, 2.05) is 14.0 Å². The van der Waals surface area contributed by atoms with Gasteiger partial charge in [-0.1, -0.05) is 26.0 Å². The Labute approximate surface area is 168 Å². The highest BCUT2D eigenvalue weighted by Crippen LogP contribution is 2.31. The summed E-state index contributed by atoms with van der Waals surface area (Å²) >= 11 is 0. The fourth-order valence-corrected chi connectivity index (χ4v) is 4.26. The summed E-state index contributed by atoms with van der Waals surface area (Å²) in [6.07, 6.45) is 4.23. The Hall–Kier alpha value is -1.96. The van der Waals surface area contributed by atoms with Crippen LogP contribution in [0.3, 0.4) is 0 Å². The lowest BCUT2D eigenvalue weighted by Crippen LogP contribution is -2.38. The number of methoxy groups -OCH3 is 1. The molecular weight excluding hydrogens is 358 g/mol. The lowest BCUT2D eigenvalue weighted by atomic mass is 9.82. The average Bonchev–Trinajstić information content (AvgIpc) is 3.05. The third kappa shape index (κ3) is 6.29. The van der Waals surface area contributed by atoms with E-state index in [0.29, 0.717) is 24.7 Å². The van der Waals surface area contributed by atoms with Crippen molar-refractivity contribution in [3.63, 3.8) is 0 Å². The molecule has 0 saturated carbocycles. The average molecular weight is 394 g/mol. The van der Waals surface area contributed by atoms with Gasteiger partial charge < -0.3 is 15.0 Å². The van der Waals surface area contributed by atoms with E-state index in [4.69, 9.17) is 4.74 Å². The lowest BCUT2D eigenvalue weighted by molar-refractivity contribution is -0.131. The van der Waals surface area contributed by atoms with E-state index in [2.05, 4.69) is 36.4 Å². The predicted octanol–water partition coefficient (Wildman–Crippen LogP) is 1.85. The fraction of sp³-hybridized carbons (Fsp3) is 0.800. The van der Waals surface area contributed by atoms with Gasteiger partial charge in [0.05, 0.1) is 18.3 Å². The van der Waals surface area contributed by atoms with Gasteiger partial charge in [-0.05, 0) is 38.0 Å². The topological polar surface area (TPSA) is 89.3 Å². The summed E-state index contributed by atoms with van der Waals surface area (Å²) in [5, 5.41) is 11.0. The maximum atomic E-state index is 12.5. The number of carbonyl (C=O) groups excluding carboxylic acids is 2. The van der Waals surface area contributed by atoms with Crippen LogP contribution in [0.1, 0.15) is 52.7 Å². The molecule has 2 amide bonds. The summed E-state index contributed by atoms with van der Waals surface area (Å²) in [4.78, 5) is 26.7. The van der Waals surface area contributed by atoms with Crippen LogP contribution in [-0.4, -0.2) is 58.0 Å². The molecule has 1 aromatic rings. The molecule has 0 aromatic carbocycles. The zero-order valence-corrected chi connectivity index (χ0v) is 18.1. The van der Waals surface area contributed by atoms with Gasteiger partial charge in [0.25, 0.3) is 0 Å². The van der Waals surface area contributed by atoms with E-state index in [1.165, 1.54) is 4.68 Å². The molecule has 28 heavy (non-hydrogen) atoms. The SMILES string of the molecule is CO[C@@]1(C)C[C@@H](C)C[C@@H](C)C(=O)NCc2cn(nn2)CC(=O)N(C)C[C@H](C)C1. The lowest BCUT2D eigenvalue weighted by Gasteiger charge is -2.35. The van der Waals surface area contributed by atoms with E-state index >= 15 is 0 Å². The molecule has 0 saturated heterocycles. The van der Waals surface area contributed by atoms with Gasteiger partial charge in [0.15, 0.2) is 0 Å². The minimum atomic E-state index is -0.284. The minimum Gasteiger partial charge on any atom is -0.379 e. The molecule has 2 bridgehead atoms. The van der Waals surface area contributed by atoms with Crippen LogP contribution in [-0.2, 0) is 27.4 Å². The Bertz CT molecular complexity index is 677. The zero-order chi connectivity index (χ0) is 20.9. The maximum absolute atomic E-state index is 12.5. The number of carbonyl (C=O) groups is 2. The number of rotatable bonds is 1. The molecule has 0 fully saturated rings. The Morgan fingerprint density at radius 2 is 1.89 bits per heavy atom. The quantitative estimate of drug-likeness (QED) is 0.786. The van der Waals surface area contributed by atoms with Crippen LogP contribution in [0.25, 0.3) is 0 Å². The summed E-state index contributed by atoms with van der Waals surface area (Å²) in [6, 6.07) is 0. The predicted molar refractivity (Wildman–Crippen MR) is 106 cm³/mol. The Morgan fingerprint density at radius 3 is 2.57 bits per heavy atom. The van der Waals surface area contributed by atoms with Crippen molar-refractivity contribution in [1.29, 1.82) is 0 Å². The van der Waals surface area contributed by atoms with Crippen LogP contribution in [0.2, 0.25) is 0 Å². The second-order valence-electron chi connectivity index (χ2n) is 8.81. The highest BCUT2D eigenvalue weighted by molar-refractivity contribution is 5.78. The van der Waals surface area contributed by atoms with Gasteiger partial charge in [-0.3, -0.25) is 9.59 Å². The number of hydrogen-bond acceptors (Lipinski definition) is 5. The highest BCUT2D eigenvalue weighted by Gasteiger charge is 2.30. The highest BCUT2D eigenvalue weighted by atomic mass is 16.5. The molecule has 2 rings (SSSR count). The molecule has 158 valence electrons. The van der Waals surface area contributed by atoms with Crippen molar-refractivity contribution in [2.24, 2.45) is 17.8 Å². The first-order chi connectivity index (χ1) is 13.1. The standard InChI is InChI=1S/C20H35N5O3/c1-14-7-16(3)19(27)21-10-17-12-25(23-22-17)13-18(26)24(5)11-15(2)9-20(4,8-14)28-6/h12,14-16H,7-11,13H2,1-6H3,(H,21,27)/t14-,15+,16+,20-/m0/s1. The second-order valence-corrected chi connectivity index (χ2v) is 8.81. The van der Waals surface area contributed by atoms with Crippen molar-refractivity contribution in [3.8, 4) is 0 Å². The molecule has 1 N–H and O–H groups in total. The molecule has 1 aliphatic rings. The summed E-state index contributed by atoms with van der Waals surface area (Å²) in [5.74, 6) is 0.529. The third-order valence-corrected chi connectivity index (χ3v) is 5.60. The number of nitrogens with zero attached hydrogens (tertiary/aromatic N) is 4. The first kappa shape index (κ1) is 22.3. The van der Waals surface area contributed by atoms with Crippen molar-refractivity contribution in [1.82, 2.24) is 25.2 Å². The molecule has 1 aliphatic heterocycles. The van der Waals surface area contributed by atoms with Crippen molar-refractivity contribution in [3.05, 3.63) is 11.9 Å². The summed E-state index contributed by atoms with van der Waals surface area (Å²) < 4.78 is 7.38. The minimum absolute atomic E-state index is 0.00835. The molecular formula is C20H35N5O3. The van der Waals surface area contributed by atoms with E-state index in [1.54, 1.807) is 18.2 Å². The van der Waals surface area contributed by atoms with Crippen LogP contribution in [0.15, 0.2) is 6.20 Å². The monoisotopic (exact) mass is 393 g/mol. The molecule has 4 atom stereocenters. The Morgan fingerprint density at radius 1 is 1.21 bits per heavy atom. The van der Waals surface area contributed by atoms with Crippen molar-refractivity contribution >= 4 is 11.8 Å². The maximum Gasteiger partial charge on any atom is 0.244 e. The second kappa shape index (κ2) is 9.49. The van der Waals surface area contributed by atoms with E-state index in [0.717, 1.165) is 19.3 Å². The van der Waals surface area contributed by atoms with Crippen LogP contribution < -0.4 is 5.32 Å². The first-order valence-corrected chi connectivity index (χ1v) is 10.1. The number of amides is 2. The smallest absolute Gasteiger partial charge is 0.244 e. The number of ether oxygens (including phenoxy) is 1. The van der Waals surface area contributed by atoms with Gasteiger partial charge >= 0.3 is 0 Å². The molecule has 2 heterocycles. The van der Waals surface area contributed by atoms with Gasteiger partial charge in [-0.15, -0.1) is 5.10 Å². The molecule has 8 heteroatoms. The van der Waals surface area contributed by atoms with Gasteiger partial charge in [-0.25, -0.2) is 4.68 Å². The number of hydrogen-bond donors (Lipinski definition) is 1. The molecule has 0 radical (unpaired) electrons. The normalized spacial score (nSPS) is 31.4. The third-order valence-electron chi connectivity index (χ3n) is 5.60. The van der Waals surface area contributed by atoms with E-state index in [9.17, 15) is 9.59 Å². The number of nitrogens with one attached hydrogen (secondary N) is 1. The molecule has 0 spiro atoms. The van der Waals surface area contributed by atoms with Gasteiger partial charge in [0, 0.05) is 26.6 Å². The summed E-state index contributed by atoms with van der Waals surface area (Å²) in [6.45, 7) is 9.50. The van der Waals surface area contributed by atoms with Crippen LogP contribution in [0, 0.1) is 17.8 Å². The van der Waals surface area contributed by atoms with Crippen LogP contribution >= 0.6 is 0 Å². The summed E-state index contributed by atoms with van der Waals surface area (Å²) in [5.41, 5.74) is 0.362. The summed E-state index contributed by atoms with van der Waals surface area (Å²) in [7, 11) is 3.56. The van der Waals surface area contributed by atoms with Gasteiger partial charge in [0.1, 0.15) is 12.2 Å². The molecule has 1 aromatic heterocycles. The molecule has 0 unspecified atom stereocenters. The van der Waals surface area contributed by atoms with Crippen LogP contribution in [0.5, 0.6) is 0 Å². The number of likely N-dealkylation sites (N-methyl/N-ethyl adjacent to an activating group) is 1. The van der Waals surface area contributed by atoms with Gasteiger partial charge in [-0.2, -0.15) is 0 Å². The van der Waals surface area contributed by atoms with E-state index in [-0.39, 0.29) is 35.8 Å². The number of aromatic nitrogens is 3. The van der Waals surface area contributed by atoms with E-state index < -0.39 is 0 Å². The van der Waals surface area contributed by atoms with Gasteiger partial charge in [0.2, 0.25) is 11.8 Å². The van der Waals surface area contributed by atoms with Crippen molar-refractivity contribution in [2.45, 2.75) is 65.6 Å². The first-order valence-electron chi connectivity index (χ1n) is 10.1.